The Kier molecular flexibility index (Phi) is 7.94. The summed E-state index contributed by atoms with van der Waals surface area (Å²) in [6.45, 7) is 0.355. The zero-order valence-corrected chi connectivity index (χ0v) is 14.0. The van der Waals surface area contributed by atoms with Crippen LogP contribution >= 0.6 is 0 Å². The highest BCUT2D eigenvalue weighted by molar-refractivity contribution is 5.98. The molecule has 2 rings (SSSR count). The van der Waals surface area contributed by atoms with Gasteiger partial charge < -0.3 is 20.0 Å². The Morgan fingerprint density at radius 3 is 2.28 bits per heavy atom. The molecule has 0 saturated carbocycles. The quantitative estimate of drug-likeness (QED) is 0.720. The predicted molar refractivity (Wildman–Crippen MR) is 90.3 cm³/mol. The number of likely N-dealkylation sites (N-methyl/N-ethyl adjacent to an activating group) is 1. The SMILES string of the molecule is CN(C)CCN(CC(=O)O)C(=O)c1ccc2nccnc2c1.O=CO. The Morgan fingerprint density at radius 1 is 1.12 bits per heavy atom. The maximum Gasteiger partial charge on any atom is 0.323 e. The van der Waals surface area contributed by atoms with Crippen LogP contribution in [0.4, 0.5) is 0 Å². The topological polar surface area (TPSA) is 124 Å². The van der Waals surface area contributed by atoms with Crippen LogP contribution < -0.4 is 0 Å². The van der Waals surface area contributed by atoms with Crippen molar-refractivity contribution < 1.29 is 24.6 Å². The summed E-state index contributed by atoms with van der Waals surface area (Å²) in [7, 11) is 3.74. The lowest BCUT2D eigenvalue weighted by molar-refractivity contribution is -0.137. The molecule has 2 aromatic rings. The van der Waals surface area contributed by atoms with Crippen LogP contribution in [0.1, 0.15) is 10.4 Å². The van der Waals surface area contributed by atoms with Crippen molar-refractivity contribution in [1.29, 1.82) is 0 Å². The van der Waals surface area contributed by atoms with Crippen LogP contribution in [0.2, 0.25) is 0 Å². The number of nitrogens with zero attached hydrogens (tertiary/aromatic N) is 4. The monoisotopic (exact) mass is 348 g/mol. The Balaban J connectivity index is 0.000000970. The van der Waals surface area contributed by atoms with Crippen molar-refractivity contribution in [3.63, 3.8) is 0 Å². The second-order valence-electron chi connectivity index (χ2n) is 5.29. The van der Waals surface area contributed by atoms with E-state index in [1.54, 1.807) is 30.6 Å². The number of aromatic nitrogens is 2. The van der Waals surface area contributed by atoms with E-state index in [0.29, 0.717) is 29.7 Å². The number of carbonyl (C=O) groups is 3. The van der Waals surface area contributed by atoms with Gasteiger partial charge in [-0.15, -0.1) is 0 Å². The fourth-order valence-electron chi connectivity index (χ4n) is 2.02. The van der Waals surface area contributed by atoms with Crippen LogP contribution in [0.25, 0.3) is 11.0 Å². The van der Waals surface area contributed by atoms with Crippen molar-refractivity contribution in [1.82, 2.24) is 19.8 Å². The van der Waals surface area contributed by atoms with Crippen molar-refractivity contribution in [3.8, 4) is 0 Å². The summed E-state index contributed by atoms with van der Waals surface area (Å²) in [5.74, 6) is -1.36. The molecule has 25 heavy (non-hydrogen) atoms. The summed E-state index contributed by atoms with van der Waals surface area (Å²) in [6.07, 6.45) is 3.13. The van der Waals surface area contributed by atoms with E-state index in [-0.39, 0.29) is 18.9 Å². The summed E-state index contributed by atoms with van der Waals surface area (Å²) < 4.78 is 0. The third kappa shape index (κ3) is 6.51. The van der Waals surface area contributed by atoms with Crippen molar-refractivity contribution in [2.75, 3.05) is 33.7 Å². The van der Waals surface area contributed by atoms with Gasteiger partial charge in [-0.1, -0.05) is 0 Å². The molecule has 0 fully saturated rings. The van der Waals surface area contributed by atoms with Crippen LogP contribution in [0.15, 0.2) is 30.6 Å². The van der Waals surface area contributed by atoms with Gasteiger partial charge in [0.25, 0.3) is 12.4 Å². The van der Waals surface area contributed by atoms with E-state index in [4.69, 9.17) is 15.0 Å². The van der Waals surface area contributed by atoms with Gasteiger partial charge in [0.1, 0.15) is 6.54 Å². The van der Waals surface area contributed by atoms with Gasteiger partial charge in [-0.3, -0.25) is 24.4 Å². The number of benzene rings is 1. The molecule has 2 N–H and O–H groups in total. The lowest BCUT2D eigenvalue weighted by Gasteiger charge is -2.22. The van der Waals surface area contributed by atoms with Gasteiger partial charge in [0.15, 0.2) is 0 Å². The molecule has 0 bridgehead atoms. The molecule has 0 saturated heterocycles. The summed E-state index contributed by atoms with van der Waals surface area (Å²) in [5, 5.41) is 15.9. The second kappa shape index (κ2) is 9.93. The minimum absolute atomic E-state index is 0.250. The molecule has 9 nitrogen and oxygen atoms in total. The van der Waals surface area contributed by atoms with E-state index < -0.39 is 5.97 Å². The van der Waals surface area contributed by atoms with E-state index >= 15 is 0 Å². The van der Waals surface area contributed by atoms with Gasteiger partial charge in [0.2, 0.25) is 0 Å². The average molecular weight is 348 g/mol. The minimum Gasteiger partial charge on any atom is -0.483 e. The number of carboxylic acid groups (broad SMARTS) is 2. The van der Waals surface area contributed by atoms with E-state index in [0.717, 1.165) is 0 Å². The Bertz CT molecular complexity index is 735. The number of hydrogen-bond acceptors (Lipinski definition) is 6. The minimum atomic E-state index is -1.03. The largest absolute Gasteiger partial charge is 0.483 e. The van der Waals surface area contributed by atoms with E-state index in [9.17, 15) is 9.59 Å². The van der Waals surface area contributed by atoms with Gasteiger partial charge >= 0.3 is 5.97 Å². The molecule has 0 atom stereocenters. The van der Waals surface area contributed by atoms with E-state index in [2.05, 4.69) is 9.97 Å². The van der Waals surface area contributed by atoms with Crippen LogP contribution in [-0.4, -0.2) is 82.1 Å². The normalized spacial score (nSPS) is 10.0. The maximum atomic E-state index is 12.5. The first-order valence-electron chi connectivity index (χ1n) is 7.33. The molecule has 0 unspecified atom stereocenters. The van der Waals surface area contributed by atoms with Crippen molar-refractivity contribution in [2.45, 2.75) is 0 Å². The summed E-state index contributed by atoms with van der Waals surface area (Å²) in [5.41, 5.74) is 1.71. The standard InChI is InChI=1S/C15H18N4O3.CH2O2/c1-18(2)7-8-19(10-14(20)21)15(22)11-3-4-12-13(9-11)17-6-5-16-12;2-1-3/h3-6,9H,7-8,10H2,1-2H3,(H,20,21);1H,(H,2,3). The van der Waals surface area contributed by atoms with Gasteiger partial charge in [0, 0.05) is 31.0 Å². The van der Waals surface area contributed by atoms with Crippen LogP contribution in [-0.2, 0) is 9.59 Å². The first-order valence-corrected chi connectivity index (χ1v) is 7.33. The number of amides is 1. The van der Waals surface area contributed by atoms with E-state index in [1.165, 1.54) is 4.90 Å². The van der Waals surface area contributed by atoms with Gasteiger partial charge in [-0.25, -0.2) is 0 Å². The number of rotatable bonds is 6. The lowest BCUT2D eigenvalue weighted by Crippen LogP contribution is -2.40. The predicted octanol–water partition coefficient (Wildman–Crippen LogP) is 0.419. The van der Waals surface area contributed by atoms with Gasteiger partial charge in [-0.2, -0.15) is 0 Å². The average Bonchev–Trinajstić information content (AvgIpc) is 2.58. The molecular weight excluding hydrogens is 328 g/mol. The first-order chi connectivity index (χ1) is 11.9. The highest BCUT2D eigenvalue weighted by atomic mass is 16.4. The Hall–Kier alpha value is -3.07. The van der Waals surface area contributed by atoms with Crippen LogP contribution in [0.3, 0.4) is 0 Å². The summed E-state index contributed by atoms with van der Waals surface area (Å²) >= 11 is 0. The smallest absolute Gasteiger partial charge is 0.323 e. The summed E-state index contributed by atoms with van der Waals surface area (Å²) in [4.78, 5) is 43.4. The fourth-order valence-corrected chi connectivity index (χ4v) is 2.02. The first kappa shape index (κ1) is 20.0. The molecule has 0 radical (unpaired) electrons. The zero-order chi connectivity index (χ0) is 18.8. The third-order valence-corrected chi connectivity index (χ3v) is 3.15. The van der Waals surface area contributed by atoms with Gasteiger partial charge in [-0.05, 0) is 32.3 Å². The van der Waals surface area contributed by atoms with Crippen LogP contribution in [0, 0.1) is 0 Å². The Morgan fingerprint density at radius 2 is 1.72 bits per heavy atom. The molecule has 0 aliphatic heterocycles. The second-order valence-corrected chi connectivity index (χ2v) is 5.29. The maximum absolute atomic E-state index is 12.5. The number of hydrogen-bond donors (Lipinski definition) is 2. The molecule has 1 heterocycles. The number of aliphatic carboxylic acids is 1. The lowest BCUT2D eigenvalue weighted by atomic mass is 10.1. The molecule has 9 heteroatoms. The molecule has 0 spiro atoms. The summed E-state index contributed by atoms with van der Waals surface area (Å²) in [6, 6.07) is 4.99. The third-order valence-electron chi connectivity index (χ3n) is 3.15. The molecule has 0 aliphatic rings. The van der Waals surface area contributed by atoms with Crippen molar-refractivity contribution >= 4 is 29.4 Å². The molecule has 1 aromatic carbocycles. The molecule has 0 aliphatic carbocycles. The van der Waals surface area contributed by atoms with Crippen molar-refractivity contribution in [3.05, 3.63) is 36.2 Å². The van der Waals surface area contributed by atoms with Crippen molar-refractivity contribution in [2.24, 2.45) is 0 Å². The Labute approximate surface area is 144 Å². The number of fused-ring (bicyclic) bond motifs is 1. The molecular formula is C16H20N4O5. The zero-order valence-electron chi connectivity index (χ0n) is 14.0. The molecule has 1 amide bonds. The highest BCUT2D eigenvalue weighted by Gasteiger charge is 2.19. The number of carboxylic acids is 1. The molecule has 1 aromatic heterocycles. The number of carbonyl (C=O) groups excluding carboxylic acids is 1. The highest BCUT2D eigenvalue weighted by Crippen LogP contribution is 2.13. The molecule has 134 valence electrons. The van der Waals surface area contributed by atoms with Gasteiger partial charge in [0.05, 0.1) is 11.0 Å². The van der Waals surface area contributed by atoms with Crippen LogP contribution in [0.5, 0.6) is 0 Å². The fraction of sp³-hybridized carbons (Fsp3) is 0.312. The van der Waals surface area contributed by atoms with E-state index in [1.807, 2.05) is 19.0 Å².